The van der Waals surface area contributed by atoms with Gasteiger partial charge in [-0.05, 0) is 72.4 Å². The number of ether oxygens (including phenoxy) is 1. The molecule has 1 amide bonds. The Balaban J connectivity index is 1.42. The van der Waals surface area contributed by atoms with Crippen molar-refractivity contribution < 1.29 is 19.4 Å². The van der Waals surface area contributed by atoms with Crippen LogP contribution in [0.1, 0.15) is 53.9 Å². The summed E-state index contributed by atoms with van der Waals surface area (Å²) in [5.74, 6) is -0.610. The number of nitrogens with one attached hydrogen (secondary N) is 1. The van der Waals surface area contributed by atoms with Gasteiger partial charge in [-0.3, -0.25) is 4.79 Å². The number of hydrogen-bond acceptors (Lipinski definition) is 4. The first-order chi connectivity index (χ1) is 20.6. The fourth-order valence-electron chi connectivity index (χ4n) is 6.75. The summed E-state index contributed by atoms with van der Waals surface area (Å²) in [6.07, 6.45) is 7.62. The lowest BCUT2D eigenvalue weighted by molar-refractivity contribution is -0.135. The SMILES string of the molecule is O=C(O)c1ccc2c(C3CCCCC3)c(-c3ccc4nc(-c5ccc[nH]5)ccc4c3)n(CC(=O)N3CCOCC3)c2c1. The summed E-state index contributed by atoms with van der Waals surface area (Å²) in [5, 5.41) is 11.9. The minimum absolute atomic E-state index is 0.0189. The summed E-state index contributed by atoms with van der Waals surface area (Å²) in [6.45, 7) is 2.33. The molecule has 2 fully saturated rings. The molecule has 2 N–H and O–H groups in total. The van der Waals surface area contributed by atoms with Crippen molar-refractivity contribution in [1.29, 1.82) is 0 Å². The van der Waals surface area contributed by atoms with Crippen LogP contribution < -0.4 is 0 Å². The predicted molar refractivity (Wildman–Crippen MR) is 163 cm³/mol. The van der Waals surface area contributed by atoms with Crippen LogP contribution in [0.4, 0.5) is 0 Å². The third-order valence-electron chi connectivity index (χ3n) is 8.86. The predicted octanol–water partition coefficient (Wildman–Crippen LogP) is 6.46. The molecule has 2 aromatic carbocycles. The van der Waals surface area contributed by atoms with E-state index in [4.69, 9.17) is 9.72 Å². The van der Waals surface area contributed by atoms with Crippen LogP contribution in [0, 0.1) is 0 Å². The van der Waals surface area contributed by atoms with Crippen molar-refractivity contribution in [2.24, 2.45) is 0 Å². The highest BCUT2D eigenvalue weighted by molar-refractivity contribution is 6.00. The lowest BCUT2D eigenvalue weighted by atomic mass is 9.81. The van der Waals surface area contributed by atoms with Gasteiger partial charge in [-0.1, -0.05) is 37.5 Å². The van der Waals surface area contributed by atoms with E-state index < -0.39 is 5.97 Å². The molecule has 1 saturated heterocycles. The Hall–Kier alpha value is -4.43. The van der Waals surface area contributed by atoms with E-state index in [2.05, 4.69) is 33.8 Å². The van der Waals surface area contributed by atoms with Gasteiger partial charge in [0, 0.05) is 30.1 Å². The number of carboxylic acid groups (broad SMARTS) is 1. The molecule has 3 aromatic heterocycles. The van der Waals surface area contributed by atoms with E-state index in [1.54, 1.807) is 12.1 Å². The molecule has 4 heterocycles. The highest BCUT2D eigenvalue weighted by atomic mass is 16.5. The summed E-state index contributed by atoms with van der Waals surface area (Å²) in [4.78, 5) is 35.7. The Morgan fingerprint density at radius 3 is 2.57 bits per heavy atom. The van der Waals surface area contributed by atoms with E-state index in [-0.39, 0.29) is 18.0 Å². The fourth-order valence-corrected chi connectivity index (χ4v) is 6.75. The minimum Gasteiger partial charge on any atom is -0.478 e. The Morgan fingerprint density at radius 1 is 0.976 bits per heavy atom. The number of carbonyl (C=O) groups is 2. The number of carbonyl (C=O) groups excluding carboxylic acids is 1. The maximum absolute atomic E-state index is 13.7. The van der Waals surface area contributed by atoms with E-state index in [1.165, 1.54) is 24.8 Å². The van der Waals surface area contributed by atoms with Gasteiger partial charge in [-0.2, -0.15) is 0 Å². The normalized spacial score (nSPS) is 16.3. The highest BCUT2D eigenvalue weighted by Gasteiger charge is 2.29. The number of morpholine rings is 1. The van der Waals surface area contributed by atoms with Crippen LogP contribution in [-0.4, -0.2) is 62.7 Å². The number of H-pyrrole nitrogens is 1. The number of rotatable bonds is 6. The summed E-state index contributed by atoms with van der Waals surface area (Å²) >= 11 is 0. The molecular formula is C34H34N4O4. The molecule has 1 saturated carbocycles. The molecule has 1 aliphatic heterocycles. The van der Waals surface area contributed by atoms with Crippen LogP contribution in [0.15, 0.2) is 66.9 Å². The van der Waals surface area contributed by atoms with Gasteiger partial charge in [0.15, 0.2) is 0 Å². The smallest absolute Gasteiger partial charge is 0.335 e. The first-order valence-corrected chi connectivity index (χ1v) is 14.9. The molecule has 8 heteroatoms. The van der Waals surface area contributed by atoms with Crippen LogP contribution >= 0.6 is 0 Å². The van der Waals surface area contributed by atoms with Gasteiger partial charge in [0.1, 0.15) is 6.54 Å². The molecule has 0 bridgehead atoms. The number of carboxylic acids is 1. The van der Waals surface area contributed by atoms with Gasteiger partial charge < -0.3 is 24.3 Å². The van der Waals surface area contributed by atoms with E-state index in [0.717, 1.165) is 57.3 Å². The van der Waals surface area contributed by atoms with Crippen molar-refractivity contribution in [3.8, 4) is 22.6 Å². The van der Waals surface area contributed by atoms with Crippen molar-refractivity contribution in [3.63, 3.8) is 0 Å². The van der Waals surface area contributed by atoms with Crippen LogP contribution in [0.5, 0.6) is 0 Å². The fraction of sp³-hybridized carbons (Fsp3) is 0.324. The Morgan fingerprint density at radius 2 is 1.81 bits per heavy atom. The summed E-state index contributed by atoms with van der Waals surface area (Å²) in [6, 6.07) is 19.8. The lowest BCUT2D eigenvalue weighted by Gasteiger charge is -2.28. The number of hydrogen-bond donors (Lipinski definition) is 2. The molecule has 214 valence electrons. The van der Waals surface area contributed by atoms with Gasteiger partial charge >= 0.3 is 5.97 Å². The van der Waals surface area contributed by atoms with Crippen molar-refractivity contribution in [1.82, 2.24) is 19.4 Å². The van der Waals surface area contributed by atoms with Gasteiger partial charge in [-0.15, -0.1) is 0 Å². The van der Waals surface area contributed by atoms with Crippen molar-refractivity contribution in [2.75, 3.05) is 26.3 Å². The van der Waals surface area contributed by atoms with Crippen LogP contribution in [0.2, 0.25) is 0 Å². The van der Waals surface area contributed by atoms with Crippen LogP contribution in [0.25, 0.3) is 44.5 Å². The highest BCUT2D eigenvalue weighted by Crippen LogP contribution is 2.45. The quantitative estimate of drug-likeness (QED) is 0.248. The Labute approximate surface area is 243 Å². The van der Waals surface area contributed by atoms with E-state index in [0.29, 0.717) is 32.2 Å². The van der Waals surface area contributed by atoms with E-state index in [1.807, 2.05) is 35.4 Å². The number of nitrogens with zero attached hydrogens (tertiary/aromatic N) is 3. The van der Waals surface area contributed by atoms with Crippen molar-refractivity contribution in [3.05, 3.63) is 78.0 Å². The Bertz CT molecular complexity index is 1780. The number of aromatic amines is 1. The molecule has 7 rings (SSSR count). The van der Waals surface area contributed by atoms with E-state index >= 15 is 0 Å². The number of fused-ring (bicyclic) bond motifs is 2. The average molecular weight is 563 g/mol. The van der Waals surface area contributed by atoms with Crippen molar-refractivity contribution in [2.45, 2.75) is 44.6 Å². The number of aromatic carboxylic acids is 1. The molecule has 1 aliphatic carbocycles. The van der Waals surface area contributed by atoms with E-state index in [9.17, 15) is 14.7 Å². The first kappa shape index (κ1) is 26.5. The molecule has 2 aliphatic rings. The second kappa shape index (κ2) is 11.1. The second-order valence-corrected chi connectivity index (χ2v) is 11.4. The molecule has 0 unspecified atom stereocenters. The molecule has 0 spiro atoms. The summed E-state index contributed by atoms with van der Waals surface area (Å²) in [5.41, 5.74) is 7.02. The van der Waals surface area contributed by atoms with Gasteiger partial charge in [-0.25, -0.2) is 9.78 Å². The number of pyridine rings is 1. The topological polar surface area (TPSA) is 100 Å². The number of amides is 1. The molecule has 42 heavy (non-hydrogen) atoms. The van der Waals surface area contributed by atoms with Crippen LogP contribution in [-0.2, 0) is 16.1 Å². The Kier molecular flexibility index (Phi) is 6.99. The zero-order valence-corrected chi connectivity index (χ0v) is 23.5. The van der Waals surface area contributed by atoms with Crippen LogP contribution in [0.3, 0.4) is 0 Å². The lowest BCUT2D eigenvalue weighted by Crippen LogP contribution is -2.42. The average Bonchev–Trinajstić information content (AvgIpc) is 3.68. The maximum Gasteiger partial charge on any atom is 0.335 e. The number of aromatic nitrogens is 3. The standard InChI is InChI=1S/C34H34N4O4/c39-31(37-15-17-42-18-16-37)21-38-30-20-25(34(40)41)8-11-26(30)32(22-5-2-1-3-6-22)33(38)24-10-12-27-23(19-24)9-13-29(36-27)28-7-4-14-35-28/h4,7-14,19-20,22,35H,1-3,5-6,15-18,21H2,(H,40,41). The maximum atomic E-state index is 13.7. The molecule has 0 atom stereocenters. The van der Waals surface area contributed by atoms with Gasteiger partial charge in [0.05, 0.1) is 46.9 Å². The second-order valence-electron chi connectivity index (χ2n) is 11.4. The molecular weight excluding hydrogens is 528 g/mol. The monoisotopic (exact) mass is 562 g/mol. The molecule has 0 radical (unpaired) electrons. The third kappa shape index (κ3) is 4.86. The largest absolute Gasteiger partial charge is 0.478 e. The molecule has 8 nitrogen and oxygen atoms in total. The van der Waals surface area contributed by atoms with Crippen molar-refractivity contribution >= 4 is 33.7 Å². The zero-order valence-electron chi connectivity index (χ0n) is 23.5. The number of benzene rings is 2. The first-order valence-electron chi connectivity index (χ1n) is 14.9. The third-order valence-corrected chi connectivity index (χ3v) is 8.86. The summed E-state index contributed by atoms with van der Waals surface area (Å²) in [7, 11) is 0. The minimum atomic E-state index is -0.973. The van der Waals surface area contributed by atoms with Gasteiger partial charge in [0.2, 0.25) is 5.91 Å². The van der Waals surface area contributed by atoms with Gasteiger partial charge in [0.25, 0.3) is 0 Å². The molecule has 5 aromatic rings. The summed E-state index contributed by atoms with van der Waals surface area (Å²) < 4.78 is 7.56. The zero-order chi connectivity index (χ0) is 28.6.